The zero-order valence-electron chi connectivity index (χ0n) is 29.9. The molecule has 1 radical (unpaired) electrons. The van der Waals surface area contributed by atoms with Gasteiger partial charge >= 0.3 is 0 Å². The summed E-state index contributed by atoms with van der Waals surface area (Å²) in [5, 5.41) is 0. The first-order valence-corrected chi connectivity index (χ1v) is 17.1. The van der Waals surface area contributed by atoms with Crippen molar-refractivity contribution in [2.75, 3.05) is 0 Å². The fourth-order valence-electron chi connectivity index (χ4n) is 5.95. The molecule has 2 aromatic heterocycles. The van der Waals surface area contributed by atoms with E-state index in [2.05, 4.69) is 145 Å². The van der Waals surface area contributed by atoms with Gasteiger partial charge in [0.15, 0.2) is 17.5 Å². The SMILES string of the molecule is CC(C)(C)c1ccc(-c2ccc(-c3nc(-c4ccc(-c5ccc(C(C)(C)C)cc5)cc4)nc(-c4ccc(-c5[c-]cccc5)nc4)n3)cc2)cc1.[Ir]. The average molecular weight is 842 g/mol. The van der Waals surface area contributed by atoms with Gasteiger partial charge in [-0.15, -0.1) is 35.9 Å². The van der Waals surface area contributed by atoms with Gasteiger partial charge in [-0.05, 0) is 49.9 Å². The summed E-state index contributed by atoms with van der Waals surface area (Å²) in [4.78, 5) is 19.7. The van der Waals surface area contributed by atoms with Gasteiger partial charge in [0, 0.05) is 43.0 Å². The number of benzene rings is 5. The average Bonchev–Trinajstić information content (AvgIpc) is 3.15. The quantitative estimate of drug-likeness (QED) is 0.157. The minimum atomic E-state index is 0. The number of nitrogens with zero attached hydrogens (tertiary/aromatic N) is 4. The van der Waals surface area contributed by atoms with Crippen molar-refractivity contribution in [3.63, 3.8) is 0 Å². The summed E-state index contributed by atoms with van der Waals surface area (Å²) in [5.41, 5.74) is 12.0. The van der Waals surface area contributed by atoms with Crippen LogP contribution < -0.4 is 0 Å². The molecule has 0 saturated heterocycles. The molecule has 4 nitrogen and oxygen atoms in total. The maximum absolute atomic E-state index is 5.00. The predicted octanol–water partition coefficient (Wildman–Crippen LogP) is 11.7. The molecule has 0 saturated carbocycles. The van der Waals surface area contributed by atoms with E-state index in [0.717, 1.165) is 39.1 Å². The Morgan fingerprint density at radius 1 is 0.412 bits per heavy atom. The molecule has 2 heterocycles. The van der Waals surface area contributed by atoms with Crippen molar-refractivity contribution in [1.29, 1.82) is 0 Å². The van der Waals surface area contributed by atoms with E-state index in [-0.39, 0.29) is 30.9 Å². The van der Waals surface area contributed by atoms with E-state index >= 15 is 0 Å². The third-order valence-corrected chi connectivity index (χ3v) is 9.10. The first kappa shape index (κ1) is 35.7. The van der Waals surface area contributed by atoms with Gasteiger partial charge in [0.05, 0.1) is 0 Å². The third kappa shape index (κ3) is 8.12. The molecule has 255 valence electrons. The molecule has 0 unspecified atom stereocenters. The predicted molar refractivity (Wildman–Crippen MR) is 206 cm³/mol. The summed E-state index contributed by atoms with van der Waals surface area (Å²) in [7, 11) is 0. The van der Waals surface area contributed by atoms with Crippen LogP contribution in [0.15, 0.2) is 140 Å². The van der Waals surface area contributed by atoms with Crippen LogP contribution in [0.1, 0.15) is 52.7 Å². The second-order valence-electron chi connectivity index (χ2n) is 14.8. The molecule has 0 atom stereocenters. The van der Waals surface area contributed by atoms with Gasteiger partial charge in [0.2, 0.25) is 0 Å². The van der Waals surface area contributed by atoms with Gasteiger partial charge in [-0.25, -0.2) is 15.0 Å². The number of pyridine rings is 1. The minimum Gasteiger partial charge on any atom is -0.304 e. The van der Waals surface area contributed by atoms with Gasteiger partial charge in [-0.2, -0.15) is 0 Å². The summed E-state index contributed by atoms with van der Waals surface area (Å²) in [6.45, 7) is 13.4. The molecular formula is C46H41IrN4-. The van der Waals surface area contributed by atoms with Crippen molar-refractivity contribution in [3.05, 3.63) is 157 Å². The first-order valence-electron chi connectivity index (χ1n) is 17.1. The maximum Gasteiger partial charge on any atom is 0.165 e. The molecule has 0 bridgehead atoms. The number of hydrogen-bond donors (Lipinski definition) is 0. The summed E-state index contributed by atoms with van der Waals surface area (Å²) < 4.78 is 0. The van der Waals surface area contributed by atoms with Crippen molar-refractivity contribution in [3.8, 4) is 67.7 Å². The molecule has 0 amide bonds. The van der Waals surface area contributed by atoms with Crippen LogP contribution in [0.25, 0.3) is 67.7 Å². The zero-order valence-corrected chi connectivity index (χ0v) is 32.3. The van der Waals surface area contributed by atoms with Crippen LogP contribution in [-0.2, 0) is 30.9 Å². The Kier molecular flexibility index (Phi) is 10.3. The van der Waals surface area contributed by atoms with E-state index < -0.39 is 0 Å². The first-order chi connectivity index (χ1) is 24.0. The minimum absolute atomic E-state index is 0. The number of hydrogen-bond acceptors (Lipinski definition) is 4. The van der Waals surface area contributed by atoms with Gasteiger partial charge in [0.25, 0.3) is 0 Å². The normalized spacial score (nSPS) is 11.6. The van der Waals surface area contributed by atoms with Crippen LogP contribution >= 0.6 is 0 Å². The molecule has 7 aromatic rings. The molecule has 7 rings (SSSR count). The molecule has 0 N–H and O–H groups in total. The Hall–Kier alpha value is -5.09. The standard InChI is InChI=1S/C46H41N4.Ir/c1-45(2,3)39-25-20-33(21-26-39)31-12-16-36(17-13-31)42-48-43(37-18-14-32(15-19-37)34-22-27-40(28-23-34)46(4,5)6)50-44(49-42)38-24-29-41(47-30-38)35-10-8-7-9-11-35;/h7-10,12-30H,1-6H3;/q-1;. The number of rotatable bonds is 6. The Balaban J connectivity index is 0.00000448. The van der Waals surface area contributed by atoms with Crippen molar-refractivity contribution in [2.45, 2.75) is 52.4 Å². The maximum atomic E-state index is 5.00. The molecule has 51 heavy (non-hydrogen) atoms. The van der Waals surface area contributed by atoms with E-state index in [9.17, 15) is 0 Å². The van der Waals surface area contributed by atoms with Crippen LogP contribution in [0.4, 0.5) is 0 Å². The van der Waals surface area contributed by atoms with Crippen LogP contribution in [0.2, 0.25) is 0 Å². The number of aromatic nitrogens is 4. The Morgan fingerprint density at radius 3 is 1.14 bits per heavy atom. The van der Waals surface area contributed by atoms with Gasteiger partial charge in [-0.3, -0.25) is 0 Å². The van der Waals surface area contributed by atoms with E-state index in [1.165, 1.54) is 22.3 Å². The van der Waals surface area contributed by atoms with E-state index in [4.69, 9.17) is 19.9 Å². The zero-order chi connectivity index (χ0) is 34.9. The van der Waals surface area contributed by atoms with Gasteiger partial charge < -0.3 is 4.98 Å². The van der Waals surface area contributed by atoms with Crippen LogP contribution in [0.3, 0.4) is 0 Å². The van der Waals surface area contributed by atoms with Gasteiger partial charge in [-0.1, -0.05) is 151 Å². The topological polar surface area (TPSA) is 51.6 Å². The molecule has 5 heteroatoms. The fourth-order valence-corrected chi connectivity index (χ4v) is 5.95. The molecule has 0 aliphatic carbocycles. The van der Waals surface area contributed by atoms with Crippen molar-refractivity contribution < 1.29 is 20.1 Å². The second-order valence-corrected chi connectivity index (χ2v) is 14.8. The van der Waals surface area contributed by atoms with E-state index in [0.29, 0.717) is 17.5 Å². The Bertz CT molecular complexity index is 2090. The largest absolute Gasteiger partial charge is 0.304 e. The molecule has 0 aliphatic rings. The van der Waals surface area contributed by atoms with Crippen LogP contribution in [0, 0.1) is 6.07 Å². The Morgan fingerprint density at radius 2 is 0.784 bits per heavy atom. The molecule has 5 aromatic carbocycles. The summed E-state index contributed by atoms with van der Waals surface area (Å²) in [6, 6.07) is 49.7. The van der Waals surface area contributed by atoms with Crippen molar-refractivity contribution in [2.24, 2.45) is 0 Å². The molecule has 0 spiro atoms. The summed E-state index contributed by atoms with van der Waals surface area (Å²) in [5.74, 6) is 1.80. The second kappa shape index (κ2) is 14.6. The third-order valence-electron chi connectivity index (χ3n) is 9.10. The van der Waals surface area contributed by atoms with E-state index in [1.54, 1.807) is 0 Å². The fraction of sp³-hybridized carbons (Fsp3) is 0.174. The van der Waals surface area contributed by atoms with Crippen LogP contribution in [-0.4, -0.2) is 19.9 Å². The van der Waals surface area contributed by atoms with Crippen LogP contribution in [0.5, 0.6) is 0 Å². The Labute approximate surface area is 315 Å². The van der Waals surface area contributed by atoms with Crippen molar-refractivity contribution >= 4 is 0 Å². The molecule has 0 fully saturated rings. The van der Waals surface area contributed by atoms with E-state index in [1.807, 2.05) is 42.6 Å². The summed E-state index contributed by atoms with van der Waals surface area (Å²) in [6.07, 6.45) is 1.83. The van der Waals surface area contributed by atoms with Gasteiger partial charge in [0.1, 0.15) is 0 Å². The van der Waals surface area contributed by atoms with Crippen molar-refractivity contribution in [1.82, 2.24) is 19.9 Å². The molecule has 0 aliphatic heterocycles. The smallest absolute Gasteiger partial charge is 0.165 e. The monoisotopic (exact) mass is 842 g/mol. The molecular weight excluding hydrogens is 801 g/mol. The summed E-state index contributed by atoms with van der Waals surface area (Å²) >= 11 is 0.